The van der Waals surface area contributed by atoms with Crippen molar-refractivity contribution in [3.63, 3.8) is 0 Å². The first-order chi connectivity index (χ1) is 7.16. The largest absolute Gasteiger partial charge is 0.362 e. The SMILES string of the molecule is Cc1nn(C)cc1CNc1nsnc1Cl. The molecule has 0 aliphatic heterocycles. The maximum Gasteiger partial charge on any atom is 0.186 e. The fourth-order valence-electron chi connectivity index (χ4n) is 1.28. The van der Waals surface area contributed by atoms with Crippen molar-refractivity contribution in [1.82, 2.24) is 18.5 Å². The van der Waals surface area contributed by atoms with E-state index in [1.165, 1.54) is 0 Å². The molecule has 0 atom stereocenters. The zero-order chi connectivity index (χ0) is 10.8. The van der Waals surface area contributed by atoms with Crippen LogP contribution in [0.2, 0.25) is 5.15 Å². The molecule has 0 fully saturated rings. The van der Waals surface area contributed by atoms with E-state index in [9.17, 15) is 0 Å². The number of hydrogen-bond acceptors (Lipinski definition) is 5. The molecule has 0 amide bonds. The van der Waals surface area contributed by atoms with Gasteiger partial charge < -0.3 is 5.32 Å². The van der Waals surface area contributed by atoms with Gasteiger partial charge in [-0.15, -0.1) is 0 Å². The highest BCUT2D eigenvalue weighted by molar-refractivity contribution is 6.99. The Morgan fingerprint density at radius 1 is 1.53 bits per heavy atom. The molecule has 15 heavy (non-hydrogen) atoms. The third-order valence-electron chi connectivity index (χ3n) is 2.01. The van der Waals surface area contributed by atoms with Crippen LogP contribution in [-0.4, -0.2) is 18.5 Å². The lowest BCUT2D eigenvalue weighted by Gasteiger charge is -2.00. The number of nitrogens with one attached hydrogen (secondary N) is 1. The summed E-state index contributed by atoms with van der Waals surface area (Å²) in [6, 6.07) is 0. The number of aromatic nitrogens is 4. The fraction of sp³-hybridized carbons (Fsp3) is 0.375. The minimum absolute atomic E-state index is 0.418. The molecule has 2 aromatic heterocycles. The van der Waals surface area contributed by atoms with Gasteiger partial charge in [0.2, 0.25) is 0 Å². The molecule has 0 radical (unpaired) electrons. The zero-order valence-corrected chi connectivity index (χ0v) is 9.93. The monoisotopic (exact) mass is 243 g/mol. The van der Waals surface area contributed by atoms with Gasteiger partial charge in [-0.25, -0.2) is 0 Å². The maximum absolute atomic E-state index is 5.80. The average Bonchev–Trinajstić information content (AvgIpc) is 2.70. The van der Waals surface area contributed by atoms with E-state index in [0.717, 1.165) is 23.0 Å². The molecule has 0 spiro atoms. The van der Waals surface area contributed by atoms with E-state index < -0.39 is 0 Å². The molecule has 2 heterocycles. The lowest BCUT2D eigenvalue weighted by atomic mass is 10.3. The number of halogens is 1. The first-order valence-electron chi connectivity index (χ1n) is 4.38. The van der Waals surface area contributed by atoms with Crippen LogP contribution in [0.1, 0.15) is 11.3 Å². The highest BCUT2D eigenvalue weighted by Crippen LogP contribution is 2.18. The van der Waals surface area contributed by atoms with Crippen molar-refractivity contribution in [2.75, 3.05) is 5.32 Å². The van der Waals surface area contributed by atoms with Crippen LogP contribution in [0.15, 0.2) is 6.20 Å². The van der Waals surface area contributed by atoms with Gasteiger partial charge in [-0.3, -0.25) is 4.68 Å². The Kier molecular flexibility index (Phi) is 2.88. The smallest absolute Gasteiger partial charge is 0.186 e. The van der Waals surface area contributed by atoms with Crippen molar-refractivity contribution in [2.45, 2.75) is 13.5 Å². The molecule has 0 aromatic carbocycles. The summed E-state index contributed by atoms with van der Waals surface area (Å²) in [4.78, 5) is 0. The van der Waals surface area contributed by atoms with Gasteiger partial charge >= 0.3 is 0 Å². The quantitative estimate of drug-likeness (QED) is 0.894. The van der Waals surface area contributed by atoms with E-state index in [0.29, 0.717) is 17.5 Å². The van der Waals surface area contributed by atoms with Gasteiger partial charge in [-0.1, -0.05) is 11.6 Å². The Morgan fingerprint density at radius 2 is 2.33 bits per heavy atom. The first-order valence-corrected chi connectivity index (χ1v) is 5.48. The molecular formula is C8H10ClN5S. The number of hydrogen-bond donors (Lipinski definition) is 1. The molecule has 5 nitrogen and oxygen atoms in total. The molecule has 1 N–H and O–H groups in total. The first kappa shape index (κ1) is 10.4. The molecule has 80 valence electrons. The van der Waals surface area contributed by atoms with Gasteiger partial charge in [0.25, 0.3) is 0 Å². The zero-order valence-electron chi connectivity index (χ0n) is 8.36. The van der Waals surface area contributed by atoms with Gasteiger partial charge in [0.05, 0.1) is 17.4 Å². The van der Waals surface area contributed by atoms with Crippen LogP contribution in [0, 0.1) is 6.92 Å². The lowest BCUT2D eigenvalue weighted by Crippen LogP contribution is -2.00. The van der Waals surface area contributed by atoms with E-state index in [4.69, 9.17) is 11.6 Å². The lowest BCUT2D eigenvalue weighted by molar-refractivity contribution is 0.756. The van der Waals surface area contributed by atoms with E-state index in [2.05, 4.69) is 19.2 Å². The van der Waals surface area contributed by atoms with Crippen LogP contribution in [0.3, 0.4) is 0 Å². The molecule has 0 bridgehead atoms. The van der Waals surface area contributed by atoms with Crippen LogP contribution in [0.25, 0.3) is 0 Å². The maximum atomic E-state index is 5.80. The molecule has 0 unspecified atom stereocenters. The third kappa shape index (κ3) is 2.27. The van der Waals surface area contributed by atoms with Crippen LogP contribution in [-0.2, 0) is 13.6 Å². The van der Waals surface area contributed by atoms with Gasteiger partial charge in [0.15, 0.2) is 11.0 Å². The van der Waals surface area contributed by atoms with Crippen molar-refractivity contribution in [3.05, 3.63) is 22.6 Å². The number of rotatable bonds is 3. The Hall–Kier alpha value is -1.14. The molecule has 0 aliphatic carbocycles. The predicted octanol–water partition coefficient (Wildman–Crippen LogP) is 1.85. The summed E-state index contributed by atoms with van der Waals surface area (Å²) in [5, 5.41) is 7.78. The molecule has 2 aromatic rings. The molecule has 0 aliphatic rings. The summed E-state index contributed by atoms with van der Waals surface area (Å²) in [6.45, 7) is 2.63. The Bertz CT molecular complexity index is 463. The second kappa shape index (κ2) is 4.16. The van der Waals surface area contributed by atoms with Crippen LogP contribution >= 0.6 is 23.3 Å². The normalized spacial score (nSPS) is 10.6. The Balaban J connectivity index is 2.05. The van der Waals surface area contributed by atoms with Gasteiger partial charge in [0.1, 0.15) is 0 Å². The highest BCUT2D eigenvalue weighted by atomic mass is 35.5. The minimum Gasteiger partial charge on any atom is -0.362 e. The van der Waals surface area contributed by atoms with Crippen molar-refractivity contribution >= 4 is 29.1 Å². The van der Waals surface area contributed by atoms with Crippen LogP contribution in [0.5, 0.6) is 0 Å². The minimum atomic E-state index is 0.418. The topological polar surface area (TPSA) is 55.6 Å². The Labute approximate surface area is 96.4 Å². The number of aryl methyl sites for hydroxylation is 2. The number of anilines is 1. The van der Waals surface area contributed by atoms with Crippen LogP contribution in [0.4, 0.5) is 5.82 Å². The third-order valence-corrected chi connectivity index (χ3v) is 2.90. The fourth-order valence-corrected chi connectivity index (χ4v) is 1.97. The van der Waals surface area contributed by atoms with E-state index in [1.807, 2.05) is 20.2 Å². The molecular weight excluding hydrogens is 234 g/mol. The highest BCUT2D eigenvalue weighted by Gasteiger charge is 2.07. The molecule has 0 saturated heterocycles. The molecule has 0 saturated carbocycles. The van der Waals surface area contributed by atoms with E-state index in [1.54, 1.807) is 4.68 Å². The second-order valence-corrected chi connectivity index (χ2v) is 4.06. The second-order valence-electron chi connectivity index (χ2n) is 3.17. The summed E-state index contributed by atoms with van der Waals surface area (Å²) < 4.78 is 9.68. The Morgan fingerprint density at radius 3 is 2.87 bits per heavy atom. The van der Waals surface area contributed by atoms with Crippen LogP contribution < -0.4 is 5.32 Å². The average molecular weight is 244 g/mol. The molecule has 2 rings (SSSR count). The summed E-state index contributed by atoms with van der Waals surface area (Å²) >= 11 is 6.90. The summed E-state index contributed by atoms with van der Waals surface area (Å²) in [5.74, 6) is 0.630. The van der Waals surface area contributed by atoms with Crippen molar-refractivity contribution < 1.29 is 0 Å². The summed E-state index contributed by atoms with van der Waals surface area (Å²) in [7, 11) is 1.90. The van der Waals surface area contributed by atoms with Gasteiger partial charge in [-0.05, 0) is 6.92 Å². The van der Waals surface area contributed by atoms with Crippen molar-refractivity contribution in [2.24, 2.45) is 7.05 Å². The summed E-state index contributed by atoms with van der Waals surface area (Å²) in [6.07, 6.45) is 1.97. The van der Waals surface area contributed by atoms with E-state index >= 15 is 0 Å². The predicted molar refractivity (Wildman–Crippen MR) is 60.2 cm³/mol. The van der Waals surface area contributed by atoms with Crippen molar-refractivity contribution in [1.29, 1.82) is 0 Å². The van der Waals surface area contributed by atoms with Gasteiger partial charge in [-0.2, -0.15) is 13.8 Å². The van der Waals surface area contributed by atoms with Gasteiger partial charge in [0, 0.05) is 25.4 Å². The summed E-state index contributed by atoms with van der Waals surface area (Å²) in [5.41, 5.74) is 2.13. The standard InChI is InChI=1S/C8H10ClN5S/c1-5-6(4-14(2)11-5)3-10-8-7(9)12-15-13-8/h4H,3H2,1-2H3,(H,10,13). The molecule has 7 heteroatoms. The van der Waals surface area contributed by atoms with Crippen molar-refractivity contribution in [3.8, 4) is 0 Å². The number of nitrogens with zero attached hydrogens (tertiary/aromatic N) is 4. The van der Waals surface area contributed by atoms with E-state index in [-0.39, 0.29) is 0 Å².